The molecule has 0 aliphatic carbocycles. The molecule has 27 heavy (non-hydrogen) atoms. The molecule has 0 heterocycles. The van der Waals surface area contributed by atoms with Gasteiger partial charge in [-0.15, -0.1) is 0 Å². The lowest BCUT2D eigenvalue weighted by Gasteiger charge is -2.19. The first-order valence-corrected chi connectivity index (χ1v) is 9.66. The highest BCUT2D eigenvalue weighted by molar-refractivity contribution is 9.10. The second-order valence-electron chi connectivity index (χ2n) is 6.28. The lowest BCUT2D eigenvalue weighted by Crippen LogP contribution is -2.27. The predicted octanol–water partition coefficient (Wildman–Crippen LogP) is 5.05. The SMILES string of the molecule is CCCOc1c(Br)cc(C(=O)NC(C)c2cc(C)ccc2OC)cc1OC. The van der Waals surface area contributed by atoms with Gasteiger partial charge in [-0.25, -0.2) is 0 Å². The molecule has 0 radical (unpaired) electrons. The van der Waals surface area contributed by atoms with Crippen LogP contribution in [0.1, 0.15) is 47.8 Å². The van der Waals surface area contributed by atoms with E-state index in [4.69, 9.17) is 14.2 Å². The van der Waals surface area contributed by atoms with E-state index >= 15 is 0 Å². The van der Waals surface area contributed by atoms with Crippen LogP contribution in [-0.4, -0.2) is 26.7 Å². The normalized spacial score (nSPS) is 11.6. The Morgan fingerprint density at radius 2 is 1.85 bits per heavy atom. The highest BCUT2D eigenvalue weighted by atomic mass is 79.9. The average Bonchev–Trinajstić information content (AvgIpc) is 2.66. The van der Waals surface area contributed by atoms with E-state index in [2.05, 4.69) is 21.2 Å². The van der Waals surface area contributed by atoms with Gasteiger partial charge in [0.2, 0.25) is 0 Å². The van der Waals surface area contributed by atoms with Crippen LogP contribution in [-0.2, 0) is 0 Å². The van der Waals surface area contributed by atoms with Gasteiger partial charge >= 0.3 is 0 Å². The number of ether oxygens (including phenoxy) is 3. The van der Waals surface area contributed by atoms with Crippen molar-refractivity contribution in [3.05, 3.63) is 51.5 Å². The maximum atomic E-state index is 12.8. The molecule has 146 valence electrons. The largest absolute Gasteiger partial charge is 0.496 e. The van der Waals surface area contributed by atoms with E-state index < -0.39 is 0 Å². The Morgan fingerprint density at radius 3 is 2.48 bits per heavy atom. The first-order valence-electron chi connectivity index (χ1n) is 8.87. The van der Waals surface area contributed by atoms with E-state index in [0.717, 1.165) is 23.3 Å². The van der Waals surface area contributed by atoms with Crippen LogP contribution in [0.3, 0.4) is 0 Å². The molecule has 0 aliphatic heterocycles. The number of amides is 1. The first kappa shape index (κ1) is 21.1. The van der Waals surface area contributed by atoms with Gasteiger partial charge in [-0.2, -0.15) is 0 Å². The Labute approximate surface area is 169 Å². The van der Waals surface area contributed by atoms with Crippen molar-refractivity contribution in [1.29, 1.82) is 0 Å². The number of benzene rings is 2. The van der Waals surface area contributed by atoms with Gasteiger partial charge in [-0.3, -0.25) is 4.79 Å². The number of rotatable bonds is 8. The average molecular weight is 436 g/mol. The van der Waals surface area contributed by atoms with Crippen LogP contribution in [0, 0.1) is 6.92 Å². The molecule has 2 aromatic rings. The number of carbonyl (C=O) groups is 1. The minimum Gasteiger partial charge on any atom is -0.496 e. The molecular weight excluding hydrogens is 410 g/mol. The molecular formula is C21H26BrNO4. The summed E-state index contributed by atoms with van der Waals surface area (Å²) >= 11 is 3.48. The van der Waals surface area contributed by atoms with Crippen molar-refractivity contribution in [3.63, 3.8) is 0 Å². The van der Waals surface area contributed by atoms with Crippen LogP contribution in [0.25, 0.3) is 0 Å². The lowest BCUT2D eigenvalue weighted by atomic mass is 10.0. The Hall–Kier alpha value is -2.21. The van der Waals surface area contributed by atoms with Gasteiger partial charge in [0, 0.05) is 11.1 Å². The van der Waals surface area contributed by atoms with E-state index in [1.807, 2.05) is 39.0 Å². The molecule has 2 aromatic carbocycles. The molecule has 1 unspecified atom stereocenters. The molecule has 1 N–H and O–H groups in total. The minimum absolute atomic E-state index is 0.202. The fraction of sp³-hybridized carbons (Fsp3) is 0.381. The summed E-state index contributed by atoms with van der Waals surface area (Å²) in [5.41, 5.74) is 2.52. The third kappa shape index (κ3) is 5.16. The van der Waals surface area contributed by atoms with Crippen molar-refractivity contribution in [2.75, 3.05) is 20.8 Å². The Kier molecular flexibility index (Phi) is 7.54. The Balaban J connectivity index is 2.25. The van der Waals surface area contributed by atoms with E-state index in [1.165, 1.54) is 0 Å². The third-order valence-electron chi connectivity index (χ3n) is 4.14. The zero-order valence-corrected chi connectivity index (χ0v) is 18.0. The van der Waals surface area contributed by atoms with Gasteiger partial charge in [0.05, 0.1) is 31.3 Å². The standard InChI is InChI=1S/C21H26BrNO4/c1-6-9-27-20-17(22)11-15(12-19(20)26-5)21(24)23-14(3)16-10-13(2)7-8-18(16)25-4/h7-8,10-12,14H,6,9H2,1-5H3,(H,23,24). The lowest BCUT2D eigenvalue weighted by molar-refractivity contribution is 0.0939. The van der Waals surface area contributed by atoms with Gasteiger partial charge in [-0.05, 0) is 54.4 Å². The summed E-state index contributed by atoms with van der Waals surface area (Å²) in [7, 11) is 3.18. The zero-order chi connectivity index (χ0) is 20.0. The number of aryl methyl sites for hydroxylation is 1. The zero-order valence-electron chi connectivity index (χ0n) is 16.4. The van der Waals surface area contributed by atoms with Gasteiger partial charge in [0.25, 0.3) is 5.91 Å². The number of nitrogens with one attached hydrogen (secondary N) is 1. The maximum absolute atomic E-state index is 12.8. The van der Waals surface area contributed by atoms with Crippen molar-refractivity contribution in [2.24, 2.45) is 0 Å². The summed E-state index contributed by atoms with van der Waals surface area (Å²) in [6.45, 7) is 6.54. The monoisotopic (exact) mass is 435 g/mol. The van der Waals surface area contributed by atoms with Crippen molar-refractivity contribution in [3.8, 4) is 17.2 Å². The minimum atomic E-state index is -0.215. The van der Waals surface area contributed by atoms with Crippen molar-refractivity contribution >= 4 is 21.8 Å². The van der Waals surface area contributed by atoms with Crippen molar-refractivity contribution < 1.29 is 19.0 Å². The van der Waals surface area contributed by atoms with Gasteiger partial charge in [0.1, 0.15) is 5.75 Å². The molecule has 1 atom stereocenters. The first-order chi connectivity index (χ1) is 12.9. The molecule has 1 amide bonds. The fourth-order valence-corrected chi connectivity index (χ4v) is 3.30. The molecule has 0 aliphatic rings. The molecule has 0 saturated carbocycles. The number of methoxy groups -OCH3 is 2. The van der Waals surface area contributed by atoms with E-state index in [1.54, 1.807) is 26.4 Å². The summed E-state index contributed by atoms with van der Waals surface area (Å²) in [6, 6.07) is 9.12. The van der Waals surface area contributed by atoms with Gasteiger partial charge in [-0.1, -0.05) is 24.6 Å². The molecule has 5 nitrogen and oxygen atoms in total. The molecule has 0 bridgehead atoms. The highest BCUT2D eigenvalue weighted by Crippen LogP contribution is 2.37. The predicted molar refractivity (Wildman–Crippen MR) is 110 cm³/mol. The third-order valence-corrected chi connectivity index (χ3v) is 4.73. The van der Waals surface area contributed by atoms with Crippen LogP contribution in [0.15, 0.2) is 34.8 Å². The van der Waals surface area contributed by atoms with Crippen molar-refractivity contribution in [2.45, 2.75) is 33.2 Å². The van der Waals surface area contributed by atoms with E-state index in [0.29, 0.717) is 28.1 Å². The second kappa shape index (κ2) is 9.65. The molecule has 0 fully saturated rings. The number of halogens is 1. The number of carbonyl (C=O) groups excluding carboxylic acids is 1. The summed E-state index contributed by atoms with van der Waals surface area (Å²) in [5, 5.41) is 3.02. The van der Waals surface area contributed by atoms with Crippen molar-refractivity contribution in [1.82, 2.24) is 5.32 Å². The molecule has 0 aromatic heterocycles. The van der Waals surface area contributed by atoms with Crippen LogP contribution >= 0.6 is 15.9 Å². The van der Waals surface area contributed by atoms with Crippen LogP contribution < -0.4 is 19.5 Å². The fourth-order valence-electron chi connectivity index (χ4n) is 2.75. The summed E-state index contributed by atoms with van der Waals surface area (Å²) in [4.78, 5) is 12.8. The molecule has 2 rings (SSSR count). The Bertz CT molecular complexity index is 807. The Morgan fingerprint density at radius 1 is 1.15 bits per heavy atom. The molecule has 0 spiro atoms. The quantitative estimate of drug-likeness (QED) is 0.629. The smallest absolute Gasteiger partial charge is 0.251 e. The number of hydrogen-bond donors (Lipinski definition) is 1. The maximum Gasteiger partial charge on any atom is 0.251 e. The van der Waals surface area contributed by atoms with E-state index in [9.17, 15) is 4.79 Å². The van der Waals surface area contributed by atoms with Crippen LogP contribution in [0.4, 0.5) is 0 Å². The summed E-state index contributed by atoms with van der Waals surface area (Å²) in [5.74, 6) is 1.66. The molecule has 0 saturated heterocycles. The van der Waals surface area contributed by atoms with Gasteiger partial charge in [0.15, 0.2) is 11.5 Å². The van der Waals surface area contributed by atoms with E-state index in [-0.39, 0.29) is 11.9 Å². The summed E-state index contributed by atoms with van der Waals surface area (Å²) in [6.07, 6.45) is 0.883. The second-order valence-corrected chi connectivity index (χ2v) is 7.13. The summed E-state index contributed by atoms with van der Waals surface area (Å²) < 4.78 is 17.2. The van der Waals surface area contributed by atoms with Crippen LogP contribution in [0.5, 0.6) is 17.2 Å². The van der Waals surface area contributed by atoms with Crippen LogP contribution in [0.2, 0.25) is 0 Å². The highest BCUT2D eigenvalue weighted by Gasteiger charge is 2.19. The number of hydrogen-bond acceptors (Lipinski definition) is 4. The molecule has 6 heteroatoms. The topological polar surface area (TPSA) is 56.8 Å². The van der Waals surface area contributed by atoms with Gasteiger partial charge < -0.3 is 19.5 Å².